The van der Waals surface area contributed by atoms with Crippen LogP contribution < -0.4 is 10.9 Å². The number of hydrogen-bond donors (Lipinski definition) is 1. The van der Waals surface area contributed by atoms with Crippen molar-refractivity contribution in [1.29, 1.82) is 0 Å². The number of hydrogen-bond acceptors (Lipinski definition) is 3. The summed E-state index contributed by atoms with van der Waals surface area (Å²) in [6.45, 7) is 0.584. The minimum Gasteiger partial charge on any atom is -0.377 e. The monoisotopic (exact) mass is 268 g/mol. The largest absolute Gasteiger partial charge is 0.377 e. The van der Waals surface area contributed by atoms with Gasteiger partial charge in [-0.1, -0.05) is 18.2 Å². The quantitative estimate of drug-likeness (QED) is 0.789. The summed E-state index contributed by atoms with van der Waals surface area (Å²) >= 11 is 0. The van der Waals surface area contributed by atoms with Crippen molar-refractivity contribution in [2.75, 3.05) is 5.32 Å². The van der Waals surface area contributed by atoms with Crippen LogP contribution in [0.25, 0.3) is 10.9 Å². The summed E-state index contributed by atoms with van der Waals surface area (Å²) in [5.74, 6) is 0.926. The van der Waals surface area contributed by atoms with Crippen molar-refractivity contribution in [2.45, 2.75) is 6.54 Å². The van der Waals surface area contributed by atoms with Crippen molar-refractivity contribution < 1.29 is 0 Å². The summed E-state index contributed by atoms with van der Waals surface area (Å²) in [6, 6.07) is 9.49. The molecule has 5 heteroatoms. The number of aromatic nitrogens is 3. The molecule has 0 unspecified atom stereocenters. The van der Waals surface area contributed by atoms with E-state index in [0.717, 1.165) is 22.4 Å². The van der Waals surface area contributed by atoms with Crippen molar-refractivity contribution in [2.24, 2.45) is 14.1 Å². The van der Waals surface area contributed by atoms with Crippen LogP contribution in [0, 0.1) is 0 Å². The maximum atomic E-state index is 12.0. The molecule has 0 fully saturated rings. The molecule has 3 rings (SSSR count). The molecule has 0 bridgehead atoms. The van der Waals surface area contributed by atoms with Crippen LogP contribution in [0.5, 0.6) is 0 Å². The van der Waals surface area contributed by atoms with E-state index in [1.54, 1.807) is 23.9 Å². The lowest BCUT2D eigenvalue weighted by Gasteiger charge is -2.12. The molecule has 2 aromatic heterocycles. The highest BCUT2D eigenvalue weighted by Crippen LogP contribution is 2.21. The fourth-order valence-corrected chi connectivity index (χ4v) is 2.30. The van der Waals surface area contributed by atoms with Gasteiger partial charge in [-0.05, 0) is 6.07 Å². The van der Waals surface area contributed by atoms with Crippen LogP contribution in [-0.4, -0.2) is 14.1 Å². The third-order valence-electron chi connectivity index (χ3n) is 3.51. The van der Waals surface area contributed by atoms with Gasteiger partial charge in [0.05, 0.1) is 12.1 Å². The molecule has 0 radical (unpaired) electrons. The first-order chi connectivity index (χ1) is 9.66. The number of para-hydroxylation sites is 1. The highest BCUT2D eigenvalue weighted by Gasteiger charge is 2.06. The number of rotatable bonds is 3. The SMILES string of the molecule is Cn1ccnc1CNc1cc(=O)n(C)c2ccccc12. The van der Waals surface area contributed by atoms with Gasteiger partial charge in [0.2, 0.25) is 0 Å². The third kappa shape index (κ3) is 2.07. The fraction of sp³-hybridized carbons (Fsp3) is 0.200. The Bertz CT molecular complexity index is 816. The Labute approximate surface area is 116 Å². The topological polar surface area (TPSA) is 51.9 Å². The number of fused-ring (bicyclic) bond motifs is 1. The minimum atomic E-state index is -0.0222. The highest BCUT2D eigenvalue weighted by molar-refractivity contribution is 5.91. The molecule has 0 amide bonds. The molecule has 102 valence electrons. The van der Waals surface area contributed by atoms with E-state index in [4.69, 9.17) is 0 Å². The Balaban J connectivity index is 2.01. The zero-order valence-electron chi connectivity index (χ0n) is 11.5. The number of imidazole rings is 1. The molecule has 0 spiro atoms. The zero-order chi connectivity index (χ0) is 14.1. The highest BCUT2D eigenvalue weighted by atomic mass is 16.1. The molecule has 1 N–H and O–H groups in total. The maximum Gasteiger partial charge on any atom is 0.252 e. The summed E-state index contributed by atoms with van der Waals surface area (Å²) in [5, 5.41) is 4.33. The van der Waals surface area contributed by atoms with Gasteiger partial charge in [0.25, 0.3) is 5.56 Å². The lowest BCUT2D eigenvalue weighted by Crippen LogP contribution is -2.17. The molecule has 2 heterocycles. The van der Waals surface area contributed by atoms with E-state index < -0.39 is 0 Å². The van der Waals surface area contributed by atoms with E-state index in [1.807, 2.05) is 42.1 Å². The molecule has 0 aliphatic carbocycles. The molecule has 0 aliphatic heterocycles. The molecule has 1 aromatic carbocycles. The van der Waals surface area contributed by atoms with Crippen molar-refractivity contribution in [3.05, 3.63) is 58.9 Å². The molecule has 0 atom stereocenters. The molecule has 0 aliphatic rings. The lowest BCUT2D eigenvalue weighted by molar-refractivity contribution is 0.812. The van der Waals surface area contributed by atoms with Gasteiger partial charge < -0.3 is 14.5 Å². The molecular formula is C15H16N4O. The number of nitrogens with one attached hydrogen (secondary N) is 1. The average Bonchev–Trinajstić information content (AvgIpc) is 2.87. The van der Waals surface area contributed by atoms with Gasteiger partial charge >= 0.3 is 0 Å². The van der Waals surface area contributed by atoms with Crippen LogP contribution in [0.4, 0.5) is 5.69 Å². The number of pyridine rings is 1. The Kier molecular flexibility index (Phi) is 3.02. The van der Waals surface area contributed by atoms with Crippen LogP contribution in [0.2, 0.25) is 0 Å². The number of anilines is 1. The normalized spacial score (nSPS) is 10.9. The van der Waals surface area contributed by atoms with Gasteiger partial charge in [-0.3, -0.25) is 4.79 Å². The van der Waals surface area contributed by atoms with Crippen molar-refractivity contribution in [1.82, 2.24) is 14.1 Å². The summed E-state index contributed by atoms with van der Waals surface area (Å²) < 4.78 is 3.61. The molecule has 3 aromatic rings. The first-order valence-electron chi connectivity index (χ1n) is 6.45. The minimum absolute atomic E-state index is 0.0222. The average molecular weight is 268 g/mol. The van der Waals surface area contributed by atoms with Gasteiger partial charge in [0, 0.05) is 43.6 Å². The van der Waals surface area contributed by atoms with Crippen LogP contribution in [-0.2, 0) is 20.6 Å². The maximum absolute atomic E-state index is 12.0. The van der Waals surface area contributed by atoms with Crippen LogP contribution in [0.1, 0.15) is 5.82 Å². The van der Waals surface area contributed by atoms with E-state index >= 15 is 0 Å². The smallest absolute Gasteiger partial charge is 0.252 e. The van der Waals surface area contributed by atoms with Gasteiger partial charge in [-0.15, -0.1) is 0 Å². The molecule has 0 saturated carbocycles. The van der Waals surface area contributed by atoms with Crippen LogP contribution >= 0.6 is 0 Å². The third-order valence-corrected chi connectivity index (χ3v) is 3.51. The second-order valence-corrected chi connectivity index (χ2v) is 4.78. The van der Waals surface area contributed by atoms with E-state index in [9.17, 15) is 4.79 Å². The summed E-state index contributed by atoms with van der Waals surface area (Å²) in [6.07, 6.45) is 3.66. The molecule has 5 nitrogen and oxygen atoms in total. The Morgan fingerprint density at radius 3 is 2.80 bits per heavy atom. The fourth-order valence-electron chi connectivity index (χ4n) is 2.30. The number of benzene rings is 1. The first kappa shape index (κ1) is 12.5. The van der Waals surface area contributed by atoms with E-state index in [1.165, 1.54) is 0 Å². The Morgan fingerprint density at radius 1 is 1.25 bits per heavy atom. The predicted molar refractivity (Wildman–Crippen MR) is 79.7 cm³/mol. The van der Waals surface area contributed by atoms with Gasteiger partial charge in [-0.2, -0.15) is 0 Å². The van der Waals surface area contributed by atoms with Crippen LogP contribution in [0.3, 0.4) is 0 Å². The van der Waals surface area contributed by atoms with Crippen LogP contribution in [0.15, 0.2) is 47.5 Å². The molecular weight excluding hydrogens is 252 g/mol. The van der Waals surface area contributed by atoms with Crippen molar-refractivity contribution in [3.8, 4) is 0 Å². The summed E-state index contributed by atoms with van der Waals surface area (Å²) in [7, 11) is 3.74. The van der Waals surface area contributed by atoms with E-state index in [-0.39, 0.29) is 5.56 Å². The lowest BCUT2D eigenvalue weighted by atomic mass is 10.2. The van der Waals surface area contributed by atoms with E-state index in [2.05, 4.69) is 10.3 Å². The summed E-state index contributed by atoms with van der Waals surface area (Å²) in [5.41, 5.74) is 1.74. The predicted octanol–water partition coefficient (Wildman–Crippen LogP) is 1.88. The second kappa shape index (κ2) is 4.85. The van der Waals surface area contributed by atoms with Crippen molar-refractivity contribution in [3.63, 3.8) is 0 Å². The standard InChI is InChI=1S/C15H16N4O/c1-18-8-7-16-14(18)10-17-12-9-15(20)19(2)13-6-4-3-5-11(12)13/h3-9,17H,10H2,1-2H3. The van der Waals surface area contributed by atoms with Crippen molar-refractivity contribution >= 4 is 16.6 Å². The van der Waals surface area contributed by atoms with Gasteiger partial charge in [0.15, 0.2) is 0 Å². The molecule has 20 heavy (non-hydrogen) atoms. The van der Waals surface area contributed by atoms with E-state index in [0.29, 0.717) is 6.54 Å². The summed E-state index contributed by atoms with van der Waals surface area (Å²) in [4.78, 5) is 16.3. The first-order valence-corrected chi connectivity index (χ1v) is 6.45. The number of aryl methyl sites for hydroxylation is 2. The van der Waals surface area contributed by atoms with Gasteiger partial charge in [-0.25, -0.2) is 4.98 Å². The Hall–Kier alpha value is -2.56. The molecule has 0 saturated heterocycles. The Morgan fingerprint density at radius 2 is 2.05 bits per heavy atom. The number of nitrogens with zero attached hydrogens (tertiary/aromatic N) is 3. The second-order valence-electron chi connectivity index (χ2n) is 4.78. The van der Waals surface area contributed by atoms with Gasteiger partial charge in [0.1, 0.15) is 5.82 Å². The zero-order valence-corrected chi connectivity index (χ0v) is 11.5.